The second kappa shape index (κ2) is 4.53. The van der Waals surface area contributed by atoms with Gasteiger partial charge >= 0.3 is 0 Å². The molecule has 0 heterocycles. The van der Waals surface area contributed by atoms with Gasteiger partial charge in [0.2, 0.25) is 0 Å². The van der Waals surface area contributed by atoms with Crippen LogP contribution in [0.25, 0.3) is 0 Å². The molecule has 0 saturated carbocycles. The van der Waals surface area contributed by atoms with E-state index < -0.39 is 5.54 Å². The first-order valence-electron chi connectivity index (χ1n) is 5.03. The predicted molar refractivity (Wildman–Crippen MR) is 58.1 cm³/mol. The summed E-state index contributed by atoms with van der Waals surface area (Å²) in [5.74, 6) is -0.248. The molecule has 1 unspecified atom stereocenters. The number of carbonyl (C=O) groups is 1. The molecule has 0 saturated heterocycles. The Bertz CT molecular complexity index is 341. The van der Waals surface area contributed by atoms with Gasteiger partial charge in [0, 0.05) is 0 Å². The average molecular weight is 209 g/mol. The molecule has 1 aromatic rings. The Balaban J connectivity index is 3.20. The monoisotopic (exact) mass is 209 g/mol. The van der Waals surface area contributed by atoms with E-state index in [1.807, 2.05) is 6.92 Å². The van der Waals surface area contributed by atoms with E-state index in [0.29, 0.717) is 6.42 Å². The topological polar surface area (TPSA) is 29.1 Å². The number of nitrogens with one attached hydrogen (secondary N) is 1. The third kappa shape index (κ3) is 2.07. The van der Waals surface area contributed by atoms with Gasteiger partial charge in [0.15, 0.2) is 5.78 Å². The van der Waals surface area contributed by atoms with Gasteiger partial charge in [-0.3, -0.25) is 4.79 Å². The second-order valence-corrected chi connectivity index (χ2v) is 3.57. The highest BCUT2D eigenvalue weighted by Gasteiger charge is 2.33. The maximum atomic E-state index is 12.8. The van der Waals surface area contributed by atoms with E-state index in [1.165, 1.54) is 12.1 Å². The summed E-state index contributed by atoms with van der Waals surface area (Å²) < 4.78 is 12.8. The van der Waals surface area contributed by atoms with Crippen LogP contribution in [0, 0.1) is 5.82 Å². The molecule has 3 heteroatoms. The van der Waals surface area contributed by atoms with Crippen LogP contribution in [0.3, 0.4) is 0 Å². The zero-order valence-electron chi connectivity index (χ0n) is 9.30. The Kier molecular flexibility index (Phi) is 3.58. The summed E-state index contributed by atoms with van der Waals surface area (Å²) in [4.78, 5) is 11.7. The molecule has 0 radical (unpaired) electrons. The zero-order chi connectivity index (χ0) is 11.5. The Morgan fingerprint density at radius 2 is 1.93 bits per heavy atom. The van der Waals surface area contributed by atoms with E-state index in [-0.39, 0.29) is 11.6 Å². The number of hydrogen-bond donors (Lipinski definition) is 1. The smallest absolute Gasteiger partial charge is 0.154 e. The molecule has 0 aliphatic rings. The first kappa shape index (κ1) is 11.9. The highest BCUT2D eigenvalue weighted by Crippen LogP contribution is 2.25. The third-order valence-electron chi connectivity index (χ3n) is 2.90. The lowest BCUT2D eigenvalue weighted by molar-refractivity contribution is -0.123. The van der Waals surface area contributed by atoms with Gasteiger partial charge in [-0.1, -0.05) is 19.1 Å². The second-order valence-electron chi connectivity index (χ2n) is 3.57. The number of halogens is 1. The number of likely N-dealkylation sites (N-methyl/N-ethyl adjacent to an activating group) is 1. The van der Waals surface area contributed by atoms with Crippen LogP contribution in [0.5, 0.6) is 0 Å². The Morgan fingerprint density at radius 3 is 2.27 bits per heavy atom. The van der Waals surface area contributed by atoms with Crippen molar-refractivity contribution in [3.63, 3.8) is 0 Å². The molecule has 1 atom stereocenters. The fourth-order valence-corrected chi connectivity index (χ4v) is 1.89. The Morgan fingerprint density at radius 1 is 1.40 bits per heavy atom. The van der Waals surface area contributed by atoms with Gasteiger partial charge in [-0.25, -0.2) is 4.39 Å². The molecule has 82 valence electrons. The molecule has 15 heavy (non-hydrogen) atoms. The van der Waals surface area contributed by atoms with Gasteiger partial charge in [0.25, 0.3) is 0 Å². The van der Waals surface area contributed by atoms with Crippen LogP contribution in [-0.2, 0) is 10.3 Å². The van der Waals surface area contributed by atoms with E-state index in [0.717, 1.165) is 5.56 Å². The fourth-order valence-electron chi connectivity index (χ4n) is 1.89. The van der Waals surface area contributed by atoms with Gasteiger partial charge in [0.05, 0.1) is 0 Å². The van der Waals surface area contributed by atoms with Gasteiger partial charge in [0.1, 0.15) is 11.4 Å². The van der Waals surface area contributed by atoms with E-state index in [4.69, 9.17) is 0 Å². The molecule has 1 aromatic carbocycles. The van der Waals surface area contributed by atoms with Gasteiger partial charge in [-0.2, -0.15) is 0 Å². The highest BCUT2D eigenvalue weighted by atomic mass is 19.1. The highest BCUT2D eigenvalue weighted by molar-refractivity contribution is 5.87. The van der Waals surface area contributed by atoms with Gasteiger partial charge in [-0.05, 0) is 38.1 Å². The molecule has 0 spiro atoms. The molecule has 2 nitrogen and oxygen atoms in total. The number of hydrogen-bond acceptors (Lipinski definition) is 2. The lowest BCUT2D eigenvalue weighted by atomic mass is 9.84. The van der Waals surface area contributed by atoms with E-state index in [9.17, 15) is 9.18 Å². The van der Waals surface area contributed by atoms with Crippen molar-refractivity contribution >= 4 is 5.78 Å². The van der Waals surface area contributed by atoms with Crippen LogP contribution in [0.15, 0.2) is 24.3 Å². The largest absolute Gasteiger partial charge is 0.304 e. The number of carbonyl (C=O) groups excluding carboxylic acids is 1. The summed E-state index contributed by atoms with van der Waals surface area (Å²) >= 11 is 0. The minimum absolute atomic E-state index is 0.0408. The fraction of sp³-hybridized carbons (Fsp3) is 0.417. The van der Waals surface area contributed by atoms with Crippen molar-refractivity contribution in [1.29, 1.82) is 0 Å². The van der Waals surface area contributed by atoms with Crippen LogP contribution in [-0.4, -0.2) is 12.8 Å². The van der Waals surface area contributed by atoms with Crippen molar-refractivity contribution < 1.29 is 9.18 Å². The van der Waals surface area contributed by atoms with Gasteiger partial charge < -0.3 is 5.32 Å². The van der Waals surface area contributed by atoms with Crippen LogP contribution in [0.2, 0.25) is 0 Å². The lowest BCUT2D eigenvalue weighted by Gasteiger charge is -2.30. The first-order valence-corrected chi connectivity index (χ1v) is 5.03. The summed E-state index contributed by atoms with van der Waals surface area (Å²) in [7, 11) is 1.74. The summed E-state index contributed by atoms with van der Waals surface area (Å²) in [6, 6.07) is 6.05. The number of rotatable bonds is 4. The van der Waals surface area contributed by atoms with Crippen molar-refractivity contribution in [1.82, 2.24) is 5.32 Å². The maximum absolute atomic E-state index is 12.8. The molecule has 0 amide bonds. The molecule has 0 bridgehead atoms. The zero-order valence-corrected chi connectivity index (χ0v) is 9.30. The summed E-state index contributed by atoms with van der Waals surface area (Å²) in [6.07, 6.45) is 0.643. The minimum atomic E-state index is -0.687. The quantitative estimate of drug-likeness (QED) is 0.824. The average Bonchev–Trinajstić information content (AvgIpc) is 2.22. The van der Waals surface area contributed by atoms with Crippen molar-refractivity contribution in [3.8, 4) is 0 Å². The maximum Gasteiger partial charge on any atom is 0.154 e. The first-order chi connectivity index (χ1) is 7.06. The summed E-state index contributed by atoms with van der Waals surface area (Å²) in [6.45, 7) is 3.48. The predicted octanol–water partition coefficient (Wildman–Crippen LogP) is 2.24. The molecule has 1 N–H and O–H groups in total. The van der Waals surface area contributed by atoms with Crippen LogP contribution >= 0.6 is 0 Å². The number of ketones is 1. The van der Waals surface area contributed by atoms with E-state index in [2.05, 4.69) is 5.32 Å². The van der Waals surface area contributed by atoms with Crippen LogP contribution in [0.1, 0.15) is 25.8 Å². The summed E-state index contributed by atoms with van der Waals surface area (Å²) in [5, 5.41) is 3.03. The van der Waals surface area contributed by atoms with Crippen molar-refractivity contribution in [2.24, 2.45) is 0 Å². The third-order valence-corrected chi connectivity index (χ3v) is 2.90. The molecule has 1 rings (SSSR count). The minimum Gasteiger partial charge on any atom is -0.304 e. The molecular weight excluding hydrogens is 193 g/mol. The SMILES string of the molecule is CCC(NC)(C(C)=O)c1ccc(F)cc1. The molecule has 0 aromatic heterocycles. The molecule has 0 fully saturated rings. The Hall–Kier alpha value is -1.22. The van der Waals surface area contributed by atoms with E-state index >= 15 is 0 Å². The van der Waals surface area contributed by atoms with Gasteiger partial charge in [-0.15, -0.1) is 0 Å². The normalized spacial score (nSPS) is 14.7. The lowest BCUT2D eigenvalue weighted by Crippen LogP contribution is -2.45. The van der Waals surface area contributed by atoms with Crippen LogP contribution < -0.4 is 5.32 Å². The van der Waals surface area contributed by atoms with E-state index in [1.54, 1.807) is 26.1 Å². The summed E-state index contributed by atoms with van der Waals surface area (Å²) in [5.41, 5.74) is 0.120. The van der Waals surface area contributed by atoms with Crippen molar-refractivity contribution in [2.75, 3.05) is 7.05 Å². The number of benzene rings is 1. The Labute approximate surface area is 89.5 Å². The van der Waals surface area contributed by atoms with Crippen molar-refractivity contribution in [3.05, 3.63) is 35.6 Å². The number of Topliss-reactive ketones (excluding diaryl/α,β-unsaturated/α-hetero) is 1. The van der Waals surface area contributed by atoms with Crippen molar-refractivity contribution in [2.45, 2.75) is 25.8 Å². The van der Waals surface area contributed by atoms with Crippen LogP contribution in [0.4, 0.5) is 4.39 Å². The standard InChI is InChI=1S/C12H16FNO/c1-4-12(14-3,9(2)15)10-5-7-11(13)8-6-10/h5-8,14H,4H2,1-3H3. The molecular formula is C12H16FNO. The molecule has 0 aliphatic carbocycles. The molecule has 0 aliphatic heterocycles.